The van der Waals surface area contributed by atoms with Crippen LogP contribution in [0.4, 0.5) is 0 Å². The first kappa shape index (κ1) is 16.2. The van der Waals surface area contributed by atoms with Gasteiger partial charge in [-0.3, -0.25) is 4.79 Å². The van der Waals surface area contributed by atoms with E-state index in [9.17, 15) is 4.79 Å². The van der Waals surface area contributed by atoms with Gasteiger partial charge in [0.2, 0.25) is 5.91 Å². The molecule has 0 aliphatic heterocycles. The largest absolute Gasteiger partial charge is 0.349 e. The maximum absolute atomic E-state index is 12.2. The van der Waals surface area contributed by atoms with Crippen LogP contribution in [0.15, 0.2) is 47.2 Å². The molecule has 3 rings (SSSR count). The Labute approximate surface area is 148 Å². The zero-order chi connectivity index (χ0) is 16.2. The normalized spacial score (nSPS) is 12.1. The van der Waals surface area contributed by atoms with Crippen LogP contribution >= 0.6 is 34.3 Å². The Morgan fingerprint density at radius 1 is 1.30 bits per heavy atom. The highest BCUT2D eigenvalue weighted by Gasteiger charge is 2.13. The second-order valence-corrected chi connectivity index (χ2v) is 7.38. The van der Waals surface area contributed by atoms with E-state index in [-0.39, 0.29) is 18.4 Å². The second kappa shape index (κ2) is 7.25. The number of aromatic nitrogens is 1. The molecule has 0 bridgehead atoms. The molecule has 2 heterocycles. The van der Waals surface area contributed by atoms with E-state index in [1.807, 2.05) is 54.1 Å². The van der Waals surface area contributed by atoms with Crippen LogP contribution in [-0.2, 0) is 11.2 Å². The average molecular weight is 363 g/mol. The number of nitrogens with zero attached hydrogens (tertiary/aromatic N) is 1. The maximum atomic E-state index is 12.2. The number of hydrogen-bond donors (Lipinski definition) is 1. The molecular formula is C17H15ClN2OS2. The van der Waals surface area contributed by atoms with Crippen LogP contribution in [0.1, 0.15) is 24.2 Å². The molecule has 1 amide bonds. The summed E-state index contributed by atoms with van der Waals surface area (Å²) in [6.45, 7) is 1.95. The highest BCUT2D eigenvalue weighted by molar-refractivity contribution is 7.20. The van der Waals surface area contributed by atoms with Crippen molar-refractivity contribution >= 4 is 40.2 Å². The van der Waals surface area contributed by atoms with Crippen LogP contribution in [0.2, 0.25) is 5.02 Å². The number of carbonyl (C=O) groups is 1. The first-order valence-electron chi connectivity index (χ1n) is 7.15. The van der Waals surface area contributed by atoms with Crippen LogP contribution in [0.3, 0.4) is 0 Å². The molecule has 1 aromatic carbocycles. The molecule has 0 saturated heterocycles. The molecule has 3 nitrogen and oxygen atoms in total. The number of benzene rings is 1. The predicted octanol–water partition coefficient (Wildman–Crippen LogP) is 4.94. The summed E-state index contributed by atoms with van der Waals surface area (Å²) in [7, 11) is 0. The molecule has 1 N–H and O–H groups in total. The van der Waals surface area contributed by atoms with E-state index in [0.717, 1.165) is 21.1 Å². The van der Waals surface area contributed by atoms with E-state index in [1.165, 1.54) is 0 Å². The molecule has 0 spiro atoms. The summed E-state index contributed by atoms with van der Waals surface area (Å²) >= 11 is 9.21. The topological polar surface area (TPSA) is 42.0 Å². The lowest BCUT2D eigenvalue weighted by Crippen LogP contribution is -2.28. The Morgan fingerprint density at radius 2 is 2.17 bits per heavy atom. The second-order valence-electron chi connectivity index (χ2n) is 5.14. The zero-order valence-corrected chi connectivity index (χ0v) is 14.8. The fourth-order valence-electron chi connectivity index (χ4n) is 2.22. The minimum atomic E-state index is -0.0865. The monoisotopic (exact) mass is 362 g/mol. The van der Waals surface area contributed by atoms with Gasteiger partial charge in [0.25, 0.3) is 0 Å². The Balaban J connectivity index is 1.61. The van der Waals surface area contributed by atoms with E-state index in [0.29, 0.717) is 5.02 Å². The summed E-state index contributed by atoms with van der Waals surface area (Å²) in [6, 6.07) is 11.5. The van der Waals surface area contributed by atoms with Crippen molar-refractivity contribution in [3.8, 4) is 9.88 Å². The number of amides is 1. The van der Waals surface area contributed by atoms with Crippen molar-refractivity contribution in [3.63, 3.8) is 0 Å². The molecule has 0 unspecified atom stereocenters. The van der Waals surface area contributed by atoms with Gasteiger partial charge in [0.15, 0.2) is 0 Å². The van der Waals surface area contributed by atoms with Crippen molar-refractivity contribution in [2.45, 2.75) is 19.4 Å². The average Bonchev–Trinajstić information content (AvgIpc) is 3.17. The van der Waals surface area contributed by atoms with Crippen molar-refractivity contribution in [2.75, 3.05) is 0 Å². The van der Waals surface area contributed by atoms with Crippen LogP contribution < -0.4 is 5.32 Å². The fraction of sp³-hybridized carbons (Fsp3) is 0.176. The first-order chi connectivity index (χ1) is 11.1. The third kappa shape index (κ3) is 4.19. The van der Waals surface area contributed by atoms with Crippen LogP contribution in [-0.4, -0.2) is 10.9 Å². The molecule has 0 radical (unpaired) electrons. The summed E-state index contributed by atoms with van der Waals surface area (Å²) in [6.07, 6.45) is 0.285. The van der Waals surface area contributed by atoms with Gasteiger partial charge in [0.1, 0.15) is 5.01 Å². The molecule has 23 heavy (non-hydrogen) atoms. The molecule has 0 saturated carbocycles. The zero-order valence-electron chi connectivity index (χ0n) is 12.5. The Hall–Kier alpha value is -1.69. The number of thiazole rings is 1. The maximum Gasteiger partial charge on any atom is 0.226 e. The molecule has 2 aromatic heterocycles. The lowest BCUT2D eigenvalue weighted by atomic mass is 10.1. The van der Waals surface area contributed by atoms with Crippen molar-refractivity contribution < 1.29 is 4.79 Å². The van der Waals surface area contributed by atoms with E-state index in [1.54, 1.807) is 22.7 Å². The fourth-order valence-corrected chi connectivity index (χ4v) is 4.05. The van der Waals surface area contributed by atoms with Crippen LogP contribution in [0.25, 0.3) is 9.88 Å². The summed E-state index contributed by atoms with van der Waals surface area (Å²) in [5, 5.41) is 8.59. The number of rotatable bonds is 5. The van der Waals surface area contributed by atoms with Crippen molar-refractivity contribution in [3.05, 3.63) is 63.4 Å². The van der Waals surface area contributed by atoms with Gasteiger partial charge in [-0.15, -0.1) is 22.7 Å². The highest BCUT2D eigenvalue weighted by atomic mass is 35.5. The van der Waals surface area contributed by atoms with E-state index < -0.39 is 0 Å². The molecule has 0 aliphatic rings. The minimum Gasteiger partial charge on any atom is -0.349 e. The SMILES string of the molecule is C[C@@H](NC(=O)Cc1csc(-c2cccs2)n1)c1cccc(Cl)c1. The Bertz CT molecular complexity index is 799. The number of thiophene rings is 1. The highest BCUT2D eigenvalue weighted by Crippen LogP contribution is 2.28. The smallest absolute Gasteiger partial charge is 0.226 e. The van der Waals surface area contributed by atoms with Gasteiger partial charge in [-0.2, -0.15) is 0 Å². The number of nitrogens with one attached hydrogen (secondary N) is 1. The quantitative estimate of drug-likeness (QED) is 0.698. The molecule has 0 fully saturated rings. The molecular weight excluding hydrogens is 348 g/mol. The van der Waals surface area contributed by atoms with Crippen molar-refractivity contribution in [1.82, 2.24) is 10.3 Å². The standard InChI is InChI=1S/C17H15ClN2OS2/c1-11(12-4-2-5-13(18)8-12)19-16(21)9-14-10-23-17(20-14)15-6-3-7-22-15/h2-8,10-11H,9H2,1H3,(H,19,21)/t11-/m1/s1. The molecule has 118 valence electrons. The predicted molar refractivity (Wildman–Crippen MR) is 97.1 cm³/mol. The molecule has 1 atom stereocenters. The van der Waals surface area contributed by atoms with E-state index in [4.69, 9.17) is 11.6 Å². The Morgan fingerprint density at radius 3 is 2.91 bits per heavy atom. The van der Waals surface area contributed by atoms with Gasteiger partial charge in [0, 0.05) is 10.4 Å². The lowest BCUT2D eigenvalue weighted by molar-refractivity contribution is -0.121. The minimum absolute atomic E-state index is 0.0412. The van der Waals surface area contributed by atoms with E-state index in [2.05, 4.69) is 10.3 Å². The number of carbonyl (C=O) groups excluding carboxylic acids is 1. The van der Waals surface area contributed by atoms with Gasteiger partial charge in [-0.05, 0) is 36.1 Å². The van der Waals surface area contributed by atoms with Crippen LogP contribution in [0.5, 0.6) is 0 Å². The number of hydrogen-bond acceptors (Lipinski definition) is 4. The van der Waals surface area contributed by atoms with Crippen molar-refractivity contribution in [1.29, 1.82) is 0 Å². The third-order valence-electron chi connectivity index (χ3n) is 3.35. The van der Waals surface area contributed by atoms with Gasteiger partial charge in [0.05, 0.1) is 23.0 Å². The molecule has 0 aliphatic carbocycles. The van der Waals surface area contributed by atoms with E-state index >= 15 is 0 Å². The van der Waals surface area contributed by atoms with Gasteiger partial charge in [-0.25, -0.2) is 4.98 Å². The first-order valence-corrected chi connectivity index (χ1v) is 9.28. The third-order valence-corrected chi connectivity index (χ3v) is 5.52. The molecule has 6 heteroatoms. The molecule has 3 aromatic rings. The Kier molecular flexibility index (Phi) is 5.10. The van der Waals surface area contributed by atoms with Crippen LogP contribution in [0, 0.1) is 0 Å². The van der Waals surface area contributed by atoms with Gasteiger partial charge >= 0.3 is 0 Å². The summed E-state index contributed by atoms with van der Waals surface area (Å²) in [5.74, 6) is -0.0412. The number of halogens is 1. The van der Waals surface area contributed by atoms with Crippen molar-refractivity contribution in [2.24, 2.45) is 0 Å². The van der Waals surface area contributed by atoms with Gasteiger partial charge in [-0.1, -0.05) is 29.8 Å². The summed E-state index contributed by atoms with van der Waals surface area (Å²) < 4.78 is 0. The summed E-state index contributed by atoms with van der Waals surface area (Å²) in [4.78, 5) is 17.9. The summed E-state index contributed by atoms with van der Waals surface area (Å²) in [5.41, 5.74) is 1.79. The lowest BCUT2D eigenvalue weighted by Gasteiger charge is -2.14. The van der Waals surface area contributed by atoms with Gasteiger partial charge < -0.3 is 5.32 Å².